The van der Waals surface area contributed by atoms with Crippen LogP contribution in [0.3, 0.4) is 0 Å². The van der Waals surface area contributed by atoms with Crippen molar-refractivity contribution in [3.63, 3.8) is 0 Å². The Balaban J connectivity index is 2.06. The van der Waals surface area contributed by atoms with E-state index in [4.69, 9.17) is 14.3 Å². The van der Waals surface area contributed by atoms with Gasteiger partial charge in [0.15, 0.2) is 11.5 Å². The Morgan fingerprint density at radius 2 is 2.21 bits per heavy atom. The molecular weight excluding hydrogens is 248 g/mol. The van der Waals surface area contributed by atoms with Crippen molar-refractivity contribution < 1.29 is 19.1 Å². The average Bonchev–Trinajstić information content (AvgIpc) is 3.04. The lowest BCUT2D eigenvalue weighted by Gasteiger charge is -1.96. The SMILES string of the molecule is COc1ccc2oc(-c3cc(C(=O)O)n[nH]3)cc2c1. The van der Waals surface area contributed by atoms with Crippen LogP contribution in [0.4, 0.5) is 0 Å². The number of hydrogen-bond acceptors (Lipinski definition) is 4. The first kappa shape index (κ1) is 11.3. The number of fused-ring (bicyclic) bond motifs is 1. The minimum absolute atomic E-state index is 0.0481. The molecule has 3 aromatic rings. The normalized spacial score (nSPS) is 10.8. The maximum Gasteiger partial charge on any atom is 0.356 e. The van der Waals surface area contributed by atoms with Crippen molar-refractivity contribution in [1.82, 2.24) is 10.2 Å². The molecule has 2 aromatic heterocycles. The predicted molar refractivity (Wildman–Crippen MR) is 67.3 cm³/mol. The first-order valence-electron chi connectivity index (χ1n) is 5.54. The fourth-order valence-electron chi connectivity index (χ4n) is 1.84. The number of ether oxygens (including phenoxy) is 1. The predicted octanol–water partition coefficient (Wildman–Crippen LogP) is 2.53. The standard InChI is InChI=1S/C13H10N2O4/c1-18-8-2-3-11-7(4-8)5-12(19-11)9-6-10(13(16)17)15-14-9/h2-6H,1H3,(H,14,15)(H,16,17). The second kappa shape index (κ2) is 4.16. The molecule has 96 valence electrons. The van der Waals surface area contributed by atoms with Crippen molar-refractivity contribution in [3.05, 3.63) is 36.0 Å². The molecule has 6 nitrogen and oxygen atoms in total. The molecule has 0 aliphatic rings. The Labute approximate surface area is 107 Å². The second-order valence-electron chi connectivity index (χ2n) is 3.99. The summed E-state index contributed by atoms with van der Waals surface area (Å²) in [5, 5.41) is 16.0. The van der Waals surface area contributed by atoms with Crippen LogP contribution in [-0.2, 0) is 0 Å². The minimum Gasteiger partial charge on any atom is -0.497 e. The number of furan rings is 1. The van der Waals surface area contributed by atoms with Gasteiger partial charge in [-0.3, -0.25) is 5.10 Å². The van der Waals surface area contributed by atoms with Gasteiger partial charge in [-0.2, -0.15) is 5.10 Å². The molecular formula is C13H10N2O4. The highest BCUT2D eigenvalue weighted by molar-refractivity contribution is 5.88. The second-order valence-corrected chi connectivity index (χ2v) is 3.99. The topological polar surface area (TPSA) is 88.3 Å². The summed E-state index contributed by atoms with van der Waals surface area (Å²) >= 11 is 0. The molecule has 0 atom stereocenters. The number of carboxylic acids is 1. The van der Waals surface area contributed by atoms with E-state index in [9.17, 15) is 4.79 Å². The number of carboxylic acid groups (broad SMARTS) is 1. The van der Waals surface area contributed by atoms with Crippen LogP contribution < -0.4 is 4.74 Å². The third-order valence-electron chi connectivity index (χ3n) is 2.79. The summed E-state index contributed by atoms with van der Waals surface area (Å²) in [5.41, 5.74) is 1.17. The van der Waals surface area contributed by atoms with Crippen molar-refractivity contribution in [1.29, 1.82) is 0 Å². The lowest BCUT2D eigenvalue weighted by atomic mass is 10.2. The zero-order valence-corrected chi connectivity index (χ0v) is 10.0. The van der Waals surface area contributed by atoms with Crippen LogP contribution in [0.1, 0.15) is 10.5 Å². The molecule has 2 N–H and O–H groups in total. The number of carbonyl (C=O) groups is 1. The molecule has 19 heavy (non-hydrogen) atoms. The Hall–Kier alpha value is -2.76. The summed E-state index contributed by atoms with van der Waals surface area (Å²) in [4.78, 5) is 10.8. The number of methoxy groups -OCH3 is 1. The van der Waals surface area contributed by atoms with Gasteiger partial charge in [0.05, 0.1) is 7.11 Å². The van der Waals surface area contributed by atoms with Crippen molar-refractivity contribution in [2.24, 2.45) is 0 Å². The minimum atomic E-state index is -1.08. The van der Waals surface area contributed by atoms with E-state index in [0.29, 0.717) is 17.0 Å². The highest BCUT2D eigenvalue weighted by Gasteiger charge is 2.13. The summed E-state index contributed by atoms with van der Waals surface area (Å²) in [7, 11) is 1.59. The van der Waals surface area contributed by atoms with Gasteiger partial charge in [0.1, 0.15) is 17.0 Å². The van der Waals surface area contributed by atoms with Gasteiger partial charge in [-0.25, -0.2) is 4.79 Å². The van der Waals surface area contributed by atoms with Crippen molar-refractivity contribution in [2.45, 2.75) is 0 Å². The van der Waals surface area contributed by atoms with Crippen LogP contribution in [-0.4, -0.2) is 28.4 Å². The molecule has 0 fully saturated rings. The van der Waals surface area contributed by atoms with Gasteiger partial charge in [-0.15, -0.1) is 0 Å². The summed E-state index contributed by atoms with van der Waals surface area (Å²) in [6, 6.07) is 8.67. The summed E-state index contributed by atoms with van der Waals surface area (Å²) in [5.74, 6) is 0.180. The number of nitrogens with zero attached hydrogens (tertiary/aromatic N) is 1. The number of benzene rings is 1. The molecule has 0 radical (unpaired) electrons. The van der Waals surface area contributed by atoms with Gasteiger partial charge in [0.25, 0.3) is 0 Å². The molecule has 0 saturated carbocycles. The number of H-pyrrole nitrogens is 1. The van der Waals surface area contributed by atoms with Gasteiger partial charge in [0.2, 0.25) is 0 Å². The van der Waals surface area contributed by atoms with Crippen LogP contribution >= 0.6 is 0 Å². The van der Waals surface area contributed by atoms with Crippen molar-refractivity contribution in [3.8, 4) is 17.2 Å². The lowest BCUT2D eigenvalue weighted by molar-refractivity contribution is 0.0690. The zero-order valence-electron chi connectivity index (χ0n) is 10.0. The fraction of sp³-hybridized carbons (Fsp3) is 0.0769. The Morgan fingerprint density at radius 3 is 2.89 bits per heavy atom. The summed E-state index contributed by atoms with van der Waals surface area (Å²) < 4.78 is 10.8. The largest absolute Gasteiger partial charge is 0.497 e. The van der Waals surface area contributed by atoms with Gasteiger partial charge in [-0.1, -0.05) is 0 Å². The molecule has 0 unspecified atom stereocenters. The van der Waals surface area contributed by atoms with Gasteiger partial charge in [0, 0.05) is 11.5 Å². The molecule has 3 rings (SSSR count). The first-order chi connectivity index (χ1) is 9.17. The van der Waals surface area contributed by atoms with Crippen molar-refractivity contribution in [2.75, 3.05) is 7.11 Å². The smallest absolute Gasteiger partial charge is 0.356 e. The molecule has 6 heteroatoms. The third-order valence-corrected chi connectivity index (χ3v) is 2.79. The highest BCUT2D eigenvalue weighted by atomic mass is 16.5. The average molecular weight is 258 g/mol. The monoisotopic (exact) mass is 258 g/mol. The maximum atomic E-state index is 10.8. The van der Waals surface area contributed by atoms with E-state index >= 15 is 0 Å². The van der Waals surface area contributed by atoms with E-state index in [1.807, 2.05) is 6.07 Å². The van der Waals surface area contributed by atoms with E-state index in [2.05, 4.69) is 10.2 Å². The number of hydrogen-bond donors (Lipinski definition) is 2. The molecule has 0 bridgehead atoms. The summed E-state index contributed by atoms with van der Waals surface area (Å²) in [6.45, 7) is 0. The number of nitrogens with one attached hydrogen (secondary N) is 1. The van der Waals surface area contributed by atoms with Crippen LogP contribution in [0.15, 0.2) is 34.7 Å². The Bertz CT molecular complexity index is 757. The number of aromatic carboxylic acids is 1. The quantitative estimate of drug-likeness (QED) is 0.753. The van der Waals surface area contributed by atoms with Crippen LogP contribution in [0.2, 0.25) is 0 Å². The zero-order chi connectivity index (χ0) is 13.4. The van der Waals surface area contributed by atoms with Crippen LogP contribution in [0, 0.1) is 0 Å². The molecule has 2 heterocycles. The van der Waals surface area contributed by atoms with Crippen molar-refractivity contribution >= 4 is 16.9 Å². The first-order valence-corrected chi connectivity index (χ1v) is 5.54. The van der Waals surface area contributed by atoms with E-state index in [-0.39, 0.29) is 5.69 Å². The Kier molecular flexibility index (Phi) is 2.49. The summed E-state index contributed by atoms with van der Waals surface area (Å²) in [6.07, 6.45) is 0. The third kappa shape index (κ3) is 1.93. The molecule has 0 aliphatic heterocycles. The number of aromatic nitrogens is 2. The number of aromatic amines is 1. The Morgan fingerprint density at radius 1 is 1.37 bits per heavy atom. The van der Waals surface area contributed by atoms with E-state index in [0.717, 1.165) is 11.1 Å². The maximum absolute atomic E-state index is 10.8. The fourth-order valence-corrected chi connectivity index (χ4v) is 1.84. The van der Waals surface area contributed by atoms with Crippen LogP contribution in [0.25, 0.3) is 22.4 Å². The molecule has 0 aliphatic carbocycles. The molecule has 0 saturated heterocycles. The van der Waals surface area contributed by atoms with E-state index in [1.165, 1.54) is 6.07 Å². The molecule has 0 amide bonds. The van der Waals surface area contributed by atoms with Crippen LogP contribution in [0.5, 0.6) is 5.75 Å². The number of rotatable bonds is 3. The van der Waals surface area contributed by atoms with E-state index < -0.39 is 5.97 Å². The van der Waals surface area contributed by atoms with Gasteiger partial charge < -0.3 is 14.3 Å². The van der Waals surface area contributed by atoms with Gasteiger partial charge in [-0.05, 0) is 24.3 Å². The molecule has 1 aromatic carbocycles. The highest BCUT2D eigenvalue weighted by Crippen LogP contribution is 2.29. The molecule has 0 spiro atoms. The lowest BCUT2D eigenvalue weighted by Crippen LogP contribution is -1.95. The van der Waals surface area contributed by atoms with E-state index in [1.54, 1.807) is 25.3 Å². The van der Waals surface area contributed by atoms with Gasteiger partial charge >= 0.3 is 5.97 Å².